The molecule has 0 saturated carbocycles. The van der Waals surface area contributed by atoms with Gasteiger partial charge in [-0.3, -0.25) is 0 Å². The molecule has 0 bridgehead atoms. The normalized spacial score (nSPS) is 11.2. The van der Waals surface area contributed by atoms with Crippen LogP contribution in [0.4, 0.5) is 5.82 Å². The van der Waals surface area contributed by atoms with Gasteiger partial charge in [-0.15, -0.1) is 0 Å². The van der Waals surface area contributed by atoms with E-state index in [-0.39, 0.29) is 18.8 Å². The number of aromatic nitrogens is 1. The van der Waals surface area contributed by atoms with Gasteiger partial charge in [0.15, 0.2) is 0 Å². The Bertz CT molecular complexity index is 506. The number of anilines is 1. The first-order valence-electron chi connectivity index (χ1n) is 6.06. The third kappa shape index (κ3) is 4.00. The quantitative estimate of drug-likeness (QED) is 0.493. The van der Waals surface area contributed by atoms with Gasteiger partial charge in [-0.1, -0.05) is 0 Å². The Balaban J connectivity index is 2.66. The first-order valence-corrected chi connectivity index (χ1v) is 6.06. The molecule has 1 rings (SSSR count). The molecule has 1 aromatic heterocycles. The van der Waals surface area contributed by atoms with Gasteiger partial charge in [-0.2, -0.15) is 5.26 Å². The zero-order valence-electron chi connectivity index (χ0n) is 11.2. The predicted octanol–water partition coefficient (Wildman–Crippen LogP) is 0.563. The Hall–Kier alpha value is -2.53. The summed E-state index contributed by atoms with van der Waals surface area (Å²) in [7, 11) is 0. The summed E-state index contributed by atoms with van der Waals surface area (Å²) < 4.78 is 9.58. The highest BCUT2D eigenvalue weighted by Gasteiger charge is 2.20. The molecule has 108 valence electrons. The molecule has 8 nitrogen and oxygen atoms in total. The molecule has 1 atom stereocenters. The van der Waals surface area contributed by atoms with Crippen LogP contribution < -0.4 is 10.9 Å². The molecule has 0 aliphatic carbocycles. The van der Waals surface area contributed by atoms with E-state index in [1.165, 1.54) is 12.3 Å². The third-order valence-electron chi connectivity index (χ3n) is 2.24. The zero-order chi connectivity index (χ0) is 15.0. The van der Waals surface area contributed by atoms with E-state index in [0.717, 1.165) is 0 Å². The fourth-order valence-corrected chi connectivity index (χ4v) is 1.37. The lowest BCUT2D eigenvalue weighted by atomic mass is 10.3. The average Bonchev–Trinajstić information content (AvgIpc) is 2.88. The number of aromatic amines is 1. The summed E-state index contributed by atoms with van der Waals surface area (Å²) in [6, 6.07) is 2.08. The van der Waals surface area contributed by atoms with Crippen LogP contribution in [0.25, 0.3) is 0 Å². The van der Waals surface area contributed by atoms with Gasteiger partial charge in [-0.05, 0) is 19.9 Å². The van der Waals surface area contributed by atoms with Crippen LogP contribution in [-0.4, -0.2) is 36.2 Å². The molecule has 0 aliphatic rings. The molecular weight excluding hydrogens is 264 g/mol. The number of hydrogen-bond donors (Lipinski definition) is 3. The summed E-state index contributed by atoms with van der Waals surface area (Å²) in [4.78, 5) is 25.8. The first kappa shape index (κ1) is 15.5. The molecule has 0 aromatic carbocycles. The van der Waals surface area contributed by atoms with Gasteiger partial charge in [0, 0.05) is 6.20 Å². The molecule has 1 heterocycles. The molecule has 1 aromatic rings. The van der Waals surface area contributed by atoms with Crippen molar-refractivity contribution < 1.29 is 19.1 Å². The van der Waals surface area contributed by atoms with E-state index in [4.69, 9.17) is 14.7 Å². The SMILES string of the molecule is CCOC(=O)c1cc[nH]c1NNC(C#N)C(=O)OCC. The molecule has 1 unspecified atom stereocenters. The van der Waals surface area contributed by atoms with Crippen LogP contribution in [-0.2, 0) is 14.3 Å². The molecule has 0 spiro atoms. The van der Waals surface area contributed by atoms with E-state index in [9.17, 15) is 9.59 Å². The number of ether oxygens (including phenoxy) is 2. The number of carbonyl (C=O) groups is 2. The number of hydrazine groups is 1. The highest BCUT2D eigenvalue weighted by Crippen LogP contribution is 2.13. The van der Waals surface area contributed by atoms with Gasteiger partial charge in [0.25, 0.3) is 0 Å². The van der Waals surface area contributed by atoms with Gasteiger partial charge in [-0.25, -0.2) is 15.0 Å². The number of nitrogens with one attached hydrogen (secondary N) is 3. The summed E-state index contributed by atoms with van der Waals surface area (Å²) in [5, 5.41) is 8.86. The van der Waals surface area contributed by atoms with Gasteiger partial charge in [0.05, 0.1) is 19.3 Å². The van der Waals surface area contributed by atoms with E-state index in [2.05, 4.69) is 15.8 Å². The summed E-state index contributed by atoms with van der Waals surface area (Å²) in [5.41, 5.74) is 5.33. The monoisotopic (exact) mass is 280 g/mol. The molecule has 0 amide bonds. The van der Waals surface area contributed by atoms with E-state index in [1.54, 1.807) is 19.9 Å². The topological polar surface area (TPSA) is 116 Å². The number of H-pyrrole nitrogens is 1. The van der Waals surface area contributed by atoms with Crippen LogP contribution in [0.2, 0.25) is 0 Å². The van der Waals surface area contributed by atoms with E-state index in [1.807, 2.05) is 0 Å². The van der Waals surface area contributed by atoms with Crippen molar-refractivity contribution in [2.75, 3.05) is 18.6 Å². The summed E-state index contributed by atoms with van der Waals surface area (Å²) >= 11 is 0. The van der Waals surface area contributed by atoms with Crippen molar-refractivity contribution >= 4 is 17.8 Å². The van der Waals surface area contributed by atoms with Crippen LogP contribution in [0, 0.1) is 11.3 Å². The van der Waals surface area contributed by atoms with Crippen molar-refractivity contribution in [2.45, 2.75) is 19.9 Å². The number of nitrogens with zero attached hydrogens (tertiary/aromatic N) is 1. The Morgan fingerprint density at radius 3 is 2.70 bits per heavy atom. The Kier molecular flexibility index (Phi) is 6.06. The van der Waals surface area contributed by atoms with Crippen molar-refractivity contribution in [3.05, 3.63) is 17.8 Å². The zero-order valence-corrected chi connectivity index (χ0v) is 11.2. The average molecular weight is 280 g/mol. The fraction of sp³-hybridized carbons (Fsp3) is 0.417. The Labute approximate surface area is 116 Å². The summed E-state index contributed by atoms with van der Waals surface area (Å²) in [5.74, 6) is -0.914. The summed E-state index contributed by atoms with van der Waals surface area (Å²) in [6.45, 7) is 3.77. The molecule has 0 aliphatic heterocycles. The number of carbonyl (C=O) groups excluding carboxylic acids is 2. The van der Waals surface area contributed by atoms with Gasteiger partial charge in [0.1, 0.15) is 11.4 Å². The molecule has 8 heteroatoms. The number of hydrogen-bond acceptors (Lipinski definition) is 7. The molecule has 0 fully saturated rings. The molecule has 20 heavy (non-hydrogen) atoms. The van der Waals surface area contributed by atoms with E-state index < -0.39 is 18.0 Å². The van der Waals surface area contributed by atoms with Crippen LogP contribution in [0.3, 0.4) is 0 Å². The second-order valence-corrected chi connectivity index (χ2v) is 3.57. The smallest absolute Gasteiger partial charge is 0.341 e. The fourth-order valence-electron chi connectivity index (χ4n) is 1.37. The first-order chi connectivity index (χ1) is 9.63. The minimum Gasteiger partial charge on any atom is -0.464 e. The Morgan fingerprint density at radius 2 is 2.10 bits per heavy atom. The standard InChI is InChI=1S/C12H16N4O4/c1-3-19-11(17)8-5-6-14-10(8)16-15-9(7-13)12(18)20-4-2/h5-6,9,14-16H,3-4H2,1-2H3. The number of nitriles is 1. The van der Waals surface area contributed by atoms with Gasteiger partial charge >= 0.3 is 11.9 Å². The lowest BCUT2D eigenvalue weighted by Gasteiger charge is -2.12. The van der Waals surface area contributed by atoms with Crippen LogP contribution in [0.5, 0.6) is 0 Å². The van der Waals surface area contributed by atoms with Crippen molar-refractivity contribution in [1.29, 1.82) is 5.26 Å². The maximum Gasteiger partial charge on any atom is 0.341 e. The van der Waals surface area contributed by atoms with Gasteiger partial charge < -0.3 is 19.9 Å². The van der Waals surface area contributed by atoms with Crippen molar-refractivity contribution in [3.8, 4) is 6.07 Å². The Morgan fingerprint density at radius 1 is 1.40 bits per heavy atom. The minimum atomic E-state index is -1.19. The molecular formula is C12H16N4O4. The van der Waals surface area contributed by atoms with Crippen LogP contribution >= 0.6 is 0 Å². The number of rotatable bonds is 7. The lowest BCUT2D eigenvalue weighted by molar-refractivity contribution is -0.143. The maximum absolute atomic E-state index is 11.6. The maximum atomic E-state index is 11.6. The van der Waals surface area contributed by atoms with Crippen molar-refractivity contribution in [1.82, 2.24) is 10.4 Å². The summed E-state index contributed by atoms with van der Waals surface area (Å²) in [6.07, 6.45) is 1.53. The second-order valence-electron chi connectivity index (χ2n) is 3.57. The van der Waals surface area contributed by atoms with E-state index in [0.29, 0.717) is 5.82 Å². The largest absolute Gasteiger partial charge is 0.464 e. The third-order valence-corrected chi connectivity index (χ3v) is 2.24. The van der Waals surface area contributed by atoms with Crippen molar-refractivity contribution in [3.63, 3.8) is 0 Å². The highest BCUT2D eigenvalue weighted by molar-refractivity contribution is 5.94. The second kappa shape index (κ2) is 7.81. The molecule has 0 saturated heterocycles. The van der Waals surface area contributed by atoms with Crippen LogP contribution in [0.1, 0.15) is 24.2 Å². The minimum absolute atomic E-state index is 0.176. The van der Waals surface area contributed by atoms with Crippen molar-refractivity contribution in [2.24, 2.45) is 0 Å². The number of esters is 2. The lowest BCUT2D eigenvalue weighted by Crippen LogP contribution is -2.40. The van der Waals surface area contributed by atoms with E-state index >= 15 is 0 Å². The predicted molar refractivity (Wildman–Crippen MR) is 69.5 cm³/mol. The van der Waals surface area contributed by atoms with Gasteiger partial charge in [0.2, 0.25) is 6.04 Å². The molecule has 0 radical (unpaired) electrons. The van der Waals surface area contributed by atoms with Crippen LogP contribution in [0.15, 0.2) is 12.3 Å². The highest BCUT2D eigenvalue weighted by atomic mass is 16.5. The molecule has 3 N–H and O–H groups in total.